The van der Waals surface area contributed by atoms with E-state index in [1.54, 1.807) is 0 Å². The lowest BCUT2D eigenvalue weighted by molar-refractivity contribution is -0.113. The minimum atomic E-state index is -0.142. The molecule has 152 valence electrons. The molecule has 6 nitrogen and oxygen atoms in total. The molecule has 0 aliphatic heterocycles. The van der Waals surface area contributed by atoms with Crippen molar-refractivity contribution in [2.75, 3.05) is 11.1 Å². The molecule has 0 aliphatic carbocycles. The third kappa shape index (κ3) is 5.52. The van der Waals surface area contributed by atoms with Crippen molar-refractivity contribution in [2.24, 2.45) is 0 Å². The molecule has 3 aromatic rings. The number of halogens is 1. The van der Waals surface area contributed by atoms with Crippen LogP contribution in [-0.2, 0) is 17.9 Å². The molecule has 0 spiro atoms. The molecule has 29 heavy (non-hydrogen) atoms. The second kappa shape index (κ2) is 9.80. The van der Waals surface area contributed by atoms with E-state index < -0.39 is 0 Å². The van der Waals surface area contributed by atoms with Crippen LogP contribution in [0.4, 0.5) is 5.69 Å². The minimum Gasteiger partial charge on any atom is -0.486 e. The topological polar surface area (TPSA) is 69.0 Å². The maximum absolute atomic E-state index is 12.4. The van der Waals surface area contributed by atoms with Crippen LogP contribution in [0.5, 0.6) is 5.75 Å². The fraction of sp³-hybridized carbons (Fsp3) is 0.286. The first-order valence-electron chi connectivity index (χ1n) is 9.27. The number of nitrogens with one attached hydrogen (secondary N) is 1. The standard InChI is InChI=1S/C21H23ClN4O2S/c1-4-26-18(12-28-16-8-6-5-7-9-16)24-25-21(26)29-13-19(27)23-20-15(3)10-14(2)11-17(20)22/h5-11H,4,12-13H2,1-3H3,(H,23,27). The molecule has 1 aromatic heterocycles. The number of aryl methyl sites for hydroxylation is 2. The van der Waals surface area contributed by atoms with Crippen molar-refractivity contribution >= 4 is 35.0 Å². The first kappa shape index (κ1) is 21.2. The number of hydrogen-bond acceptors (Lipinski definition) is 5. The highest BCUT2D eigenvalue weighted by atomic mass is 35.5. The summed E-state index contributed by atoms with van der Waals surface area (Å²) in [6, 6.07) is 13.4. The summed E-state index contributed by atoms with van der Waals surface area (Å²) in [5.41, 5.74) is 2.64. The largest absolute Gasteiger partial charge is 0.486 e. The fourth-order valence-electron chi connectivity index (χ4n) is 2.89. The molecule has 0 fully saturated rings. The second-order valence-electron chi connectivity index (χ2n) is 6.52. The van der Waals surface area contributed by atoms with Crippen molar-refractivity contribution in [1.29, 1.82) is 0 Å². The molecule has 2 aromatic carbocycles. The van der Waals surface area contributed by atoms with E-state index in [1.807, 2.05) is 67.8 Å². The van der Waals surface area contributed by atoms with E-state index >= 15 is 0 Å². The first-order valence-corrected chi connectivity index (χ1v) is 10.6. The molecule has 0 aliphatic rings. The van der Waals surface area contributed by atoms with E-state index in [9.17, 15) is 4.79 Å². The molecule has 0 saturated carbocycles. The lowest BCUT2D eigenvalue weighted by atomic mass is 10.1. The summed E-state index contributed by atoms with van der Waals surface area (Å²) in [5, 5.41) is 12.5. The summed E-state index contributed by atoms with van der Waals surface area (Å²) in [7, 11) is 0. The highest BCUT2D eigenvalue weighted by Gasteiger charge is 2.15. The van der Waals surface area contributed by atoms with Crippen molar-refractivity contribution in [3.05, 3.63) is 64.4 Å². The summed E-state index contributed by atoms with van der Waals surface area (Å²) in [6.07, 6.45) is 0. The summed E-state index contributed by atoms with van der Waals surface area (Å²) in [5.74, 6) is 1.56. The van der Waals surface area contributed by atoms with E-state index in [2.05, 4.69) is 15.5 Å². The average Bonchev–Trinajstić information content (AvgIpc) is 3.10. The Labute approximate surface area is 179 Å². The monoisotopic (exact) mass is 430 g/mol. The molecule has 0 unspecified atom stereocenters. The molecule has 8 heteroatoms. The number of carbonyl (C=O) groups excluding carboxylic acids is 1. The van der Waals surface area contributed by atoms with Gasteiger partial charge in [-0.1, -0.05) is 47.6 Å². The summed E-state index contributed by atoms with van der Waals surface area (Å²) in [4.78, 5) is 12.4. The SMILES string of the molecule is CCn1c(COc2ccccc2)nnc1SCC(=O)Nc1c(C)cc(C)cc1Cl. The van der Waals surface area contributed by atoms with Crippen LogP contribution >= 0.6 is 23.4 Å². The number of anilines is 1. The van der Waals surface area contributed by atoms with E-state index in [0.717, 1.165) is 22.7 Å². The number of carbonyl (C=O) groups is 1. The van der Waals surface area contributed by atoms with E-state index in [-0.39, 0.29) is 11.7 Å². The Morgan fingerprint density at radius 1 is 1.21 bits per heavy atom. The highest BCUT2D eigenvalue weighted by Crippen LogP contribution is 2.28. The van der Waals surface area contributed by atoms with Gasteiger partial charge in [0, 0.05) is 6.54 Å². The van der Waals surface area contributed by atoms with Crippen LogP contribution in [0.3, 0.4) is 0 Å². The first-order chi connectivity index (χ1) is 14.0. The number of ether oxygens (including phenoxy) is 1. The Morgan fingerprint density at radius 3 is 2.66 bits per heavy atom. The van der Waals surface area contributed by atoms with Crippen LogP contribution in [0.25, 0.3) is 0 Å². The van der Waals surface area contributed by atoms with Gasteiger partial charge in [0.2, 0.25) is 5.91 Å². The predicted molar refractivity (Wildman–Crippen MR) is 117 cm³/mol. The molecular formula is C21H23ClN4O2S. The van der Waals surface area contributed by atoms with Gasteiger partial charge in [-0.25, -0.2) is 0 Å². The van der Waals surface area contributed by atoms with Gasteiger partial charge in [0.25, 0.3) is 0 Å². The third-order valence-corrected chi connectivity index (χ3v) is 5.51. The Hall–Kier alpha value is -2.51. The van der Waals surface area contributed by atoms with Crippen LogP contribution in [0, 0.1) is 13.8 Å². The Balaban J connectivity index is 1.60. The molecule has 1 heterocycles. The van der Waals surface area contributed by atoms with Gasteiger partial charge >= 0.3 is 0 Å². The van der Waals surface area contributed by atoms with Gasteiger partial charge in [-0.3, -0.25) is 4.79 Å². The van der Waals surface area contributed by atoms with Crippen molar-refractivity contribution in [1.82, 2.24) is 14.8 Å². The smallest absolute Gasteiger partial charge is 0.234 e. The lowest BCUT2D eigenvalue weighted by Gasteiger charge is -2.12. The Morgan fingerprint density at radius 2 is 1.97 bits per heavy atom. The molecular weight excluding hydrogens is 408 g/mol. The van der Waals surface area contributed by atoms with Gasteiger partial charge in [0.05, 0.1) is 16.5 Å². The number of thioether (sulfide) groups is 1. The summed E-state index contributed by atoms with van der Waals surface area (Å²) >= 11 is 7.61. The number of hydrogen-bond donors (Lipinski definition) is 1. The van der Waals surface area contributed by atoms with Crippen LogP contribution in [0.1, 0.15) is 23.9 Å². The van der Waals surface area contributed by atoms with Crippen LogP contribution in [-0.4, -0.2) is 26.4 Å². The van der Waals surface area contributed by atoms with E-state index in [1.165, 1.54) is 11.8 Å². The van der Waals surface area contributed by atoms with Gasteiger partial charge in [0.1, 0.15) is 12.4 Å². The molecule has 0 radical (unpaired) electrons. The van der Waals surface area contributed by atoms with Gasteiger partial charge < -0.3 is 14.6 Å². The van der Waals surface area contributed by atoms with Crippen molar-refractivity contribution in [3.63, 3.8) is 0 Å². The molecule has 0 bridgehead atoms. The third-order valence-electron chi connectivity index (χ3n) is 4.25. The normalized spacial score (nSPS) is 10.8. The minimum absolute atomic E-state index is 0.142. The van der Waals surface area contributed by atoms with Crippen LogP contribution in [0.2, 0.25) is 5.02 Å². The summed E-state index contributed by atoms with van der Waals surface area (Å²) in [6.45, 7) is 6.91. The van der Waals surface area contributed by atoms with Crippen molar-refractivity contribution < 1.29 is 9.53 Å². The maximum atomic E-state index is 12.4. The Kier molecular flexibility index (Phi) is 7.17. The van der Waals surface area contributed by atoms with Gasteiger partial charge in [-0.05, 0) is 50.1 Å². The second-order valence-corrected chi connectivity index (χ2v) is 7.87. The van der Waals surface area contributed by atoms with Gasteiger partial charge in [-0.2, -0.15) is 0 Å². The number of aromatic nitrogens is 3. The quantitative estimate of drug-likeness (QED) is 0.516. The van der Waals surface area contributed by atoms with Crippen molar-refractivity contribution in [3.8, 4) is 5.75 Å². The van der Waals surface area contributed by atoms with E-state index in [0.29, 0.717) is 29.0 Å². The maximum Gasteiger partial charge on any atom is 0.234 e. The van der Waals surface area contributed by atoms with Crippen LogP contribution < -0.4 is 10.1 Å². The van der Waals surface area contributed by atoms with E-state index in [4.69, 9.17) is 16.3 Å². The predicted octanol–water partition coefficient (Wildman–Crippen LogP) is 4.88. The van der Waals surface area contributed by atoms with Crippen LogP contribution in [0.15, 0.2) is 47.6 Å². The molecule has 1 amide bonds. The zero-order valence-corrected chi connectivity index (χ0v) is 18.2. The number of amides is 1. The summed E-state index contributed by atoms with van der Waals surface area (Å²) < 4.78 is 7.71. The average molecular weight is 431 g/mol. The van der Waals surface area contributed by atoms with Crippen molar-refractivity contribution in [2.45, 2.75) is 39.1 Å². The Bertz CT molecular complexity index is 969. The molecule has 0 atom stereocenters. The number of nitrogens with zero attached hydrogens (tertiary/aromatic N) is 3. The fourth-order valence-corrected chi connectivity index (χ4v) is 4.08. The zero-order valence-electron chi connectivity index (χ0n) is 16.6. The molecule has 3 rings (SSSR count). The number of rotatable bonds is 8. The zero-order chi connectivity index (χ0) is 20.8. The molecule has 1 N–H and O–H groups in total. The van der Waals surface area contributed by atoms with Gasteiger partial charge in [-0.15, -0.1) is 10.2 Å². The molecule has 0 saturated heterocycles. The highest BCUT2D eigenvalue weighted by molar-refractivity contribution is 7.99. The lowest BCUT2D eigenvalue weighted by Crippen LogP contribution is -2.16. The number of para-hydroxylation sites is 1. The number of benzene rings is 2. The van der Waals surface area contributed by atoms with Gasteiger partial charge in [0.15, 0.2) is 11.0 Å².